The molecule has 3 rings (SSSR count). The number of benzene rings is 1. The summed E-state index contributed by atoms with van der Waals surface area (Å²) in [5.74, 6) is -0.468. The summed E-state index contributed by atoms with van der Waals surface area (Å²) in [6.07, 6.45) is 0.640. The van der Waals surface area contributed by atoms with Gasteiger partial charge in [0.05, 0.1) is 18.8 Å². The topological polar surface area (TPSA) is 104 Å². The van der Waals surface area contributed by atoms with Crippen molar-refractivity contribution in [2.24, 2.45) is 0 Å². The maximum absolute atomic E-state index is 12.9. The predicted octanol–water partition coefficient (Wildman–Crippen LogP) is 5.84. The standard InChI is InChI=1S/C26H29NO7S/c1-6-13-32-25(29)20-17(5)22(26(30)31-7-2)35-24(20)27-23(28)19-12-11-18(34-19)14-33-21-15(3)9-8-10-16(21)4/h8-12H,6-7,13-14H2,1-5H3,(H,27,28). The fraction of sp³-hybridized carbons (Fsp3) is 0.346. The normalized spacial score (nSPS) is 10.7. The van der Waals surface area contributed by atoms with Gasteiger partial charge in [-0.2, -0.15) is 0 Å². The molecule has 1 aromatic carbocycles. The zero-order valence-corrected chi connectivity index (χ0v) is 21.3. The highest BCUT2D eigenvalue weighted by molar-refractivity contribution is 7.18. The Morgan fingerprint density at radius 3 is 2.34 bits per heavy atom. The Morgan fingerprint density at radius 2 is 1.69 bits per heavy atom. The molecule has 0 spiro atoms. The van der Waals surface area contributed by atoms with Crippen LogP contribution in [0.1, 0.15) is 73.3 Å². The number of hydrogen-bond acceptors (Lipinski definition) is 8. The number of para-hydroxylation sites is 1. The number of carbonyl (C=O) groups is 3. The Kier molecular flexibility index (Phi) is 8.70. The third-order valence-electron chi connectivity index (χ3n) is 5.13. The fourth-order valence-corrected chi connectivity index (χ4v) is 4.50. The Labute approximate surface area is 208 Å². The van der Waals surface area contributed by atoms with E-state index in [9.17, 15) is 14.4 Å². The van der Waals surface area contributed by atoms with Gasteiger partial charge in [-0.05, 0) is 62.9 Å². The first kappa shape index (κ1) is 26.0. The van der Waals surface area contributed by atoms with Crippen molar-refractivity contribution in [2.45, 2.75) is 47.6 Å². The van der Waals surface area contributed by atoms with Crippen LogP contribution in [-0.2, 0) is 16.1 Å². The Morgan fingerprint density at radius 1 is 0.971 bits per heavy atom. The number of furan rings is 1. The molecule has 0 aliphatic rings. The van der Waals surface area contributed by atoms with Crippen LogP contribution in [0, 0.1) is 20.8 Å². The van der Waals surface area contributed by atoms with Gasteiger partial charge in [0.2, 0.25) is 0 Å². The predicted molar refractivity (Wildman–Crippen MR) is 132 cm³/mol. The second-order valence-corrected chi connectivity index (χ2v) is 8.87. The molecule has 186 valence electrons. The van der Waals surface area contributed by atoms with E-state index in [4.69, 9.17) is 18.6 Å². The van der Waals surface area contributed by atoms with Crippen LogP contribution in [0.25, 0.3) is 0 Å². The lowest BCUT2D eigenvalue weighted by Crippen LogP contribution is -2.14. The highest BCUT2D eigenvalue weighted by Gasteiger charge is 2.28. The summed E-state index contributed by atoms with van der Waals surface area (Å²) in [4.78, 5) is 38.2. The van der Waals surface area contributed by atoms with Gasteiger partial charge in [-0.15, -0.1) is 11.3 Å². The number of nitrogens with one attached hydrogen (secondary N) is 1. The molecule has 0 bridgehead atoms. The third kappa shape index (κ3) is 6.10. The van der Waals surface area contributed by atoms with E-state index < -0.39 is 17.8 Å². The average Bonchev–Trinajstić information content (AvgIpc) is 3.42. The lowest BCUT2D eigenvalue weighted by molar-refractivity contribution is 0.0506. The molecule has 1 amide bonds. The number of rotatable bonds is 10. The molecule has 2 aromatic heterocycles. The van der Waals surface area contributed by atoms with E-state index in [2.05, 4.69) is 5.32 Å². The van der Waals surface area contributed by atoms with Gasteiger partial charge in [-0.25, -0.2) is 9.59 Å². The fourth-order valence-electron chi connectivity index (χ4n) is 3.42. The van der Waals surface area contributed by atoms with Gasteiger partial charge in [0.25, 0.3) is 5.91 Å². The summed E-state index contributed by atoms with van der Waals surface area (Å²) in [6.45, 7) is 9.66. The molecule has 0 radical (unpaired) electrons. The van der Waals surface area contributed by atoms with Crippen LogP contribution < -0.4 is 10.1 Å². The van der Waals surface area contributed by atoms with Crippen LogP contribution in [0.4, 0.5) is 5.00 Å². The van der Waals surface area contributed by atoms with Crippen LogP contribution in [-0.4, -0.2) is 31.1 Å². The Bertz CT molecular complexity index is 1200. The SMILES string of the molecule is CCCOC(=O)c1c(NC(=O)c2ccc(COc3c(C)cccc3C)o2)sc(C(=O)OCC)c1C. The van der Waals surface area contributed by atoms with Crippen molar-refractivity contribution in [2.75, 3.05) is 18.5 Å². The first-order chi connectivity index (χ1) is 16.8. The minimum Gasteiger partial charge on any atom is -0.485 e. The van der Waals surface area contributed by atoms with Crippen molar-refractivity contribution in [1.29, 1.82) is 0 Å². The lowest BCUT2D eigenvalue weighted by atomic mass is 10.1. The number of thiophene rings is 1. The van der Waals surface area contributed by atoms with E-state index in [1.807, 2.05) is 39.0 Å². The molecule has 0 atom stereocenters. The molecule has 3 aromatic rings. The summed E-state index contributed by atoms with van der Waals surface area (Å²) in [6, 6.07) is 9.06. The second kappa shape index (κ2) is 11.7. The molecule has 0 unspecified atom stereocenters. The molecule has 0 fully saturated rings. The highest BCUT2D eigenvalue weighted by Crippen LogP contribution is 2.35. The largest absolute Gasteiger partial charge is 0.485 e. The van der Waals surface area contributed by atoms with Crippen molar-refractivity contribution in [1.82, 2.24) is 0 Å². The smallest absolute Gasteiger partial charge is 0.348 e. The van der Waals surface area contributed by atoms with E-state index in [1.165, 1.54) is 6.07 Å². The summed E-state index contributed by atoms with van der Waals surface area (Å²) in [7, 11) is 0. The maximum Gasteiger partial charge on any atom is 0.348 e. The minimum atomic E-state index is -0.617. The second-order valence-electron chi connectivity index (χ2n) is 7.85. The van der Waals surface area contributed by atoms with Crippen molar-refractivity contribution < 1.29 is 33.0 Å². The zero-order valence-electron chi connectivity index (χ0n) is 20.5. The third-order valence-corrected chi connectivity index (χ3v) is 6.32. The quantitative estimate of drug-likeness (QED) is 0.349. The van der Waals surface area contributed by atoms with Crippen molar-refractivity contribution >= 4 is 34.2 Å². The summed E-state index contributed by atoms with van der Waals surface area (Å²) >= 11 is 0.963. The zero-order chi connectivity index (χ0) is 25.5. The van der Waals surface area contributed by atoms with E-state index in [0.29, 0.717) is 17.7 Å². The van der Waals surface area contributed by atoms with Gasteiger partial charge < -0.3 is 23.9 Å². The molecule has 0 saturated heterocycles. The van der Waals surface area contributed by atoms with E-state index in [1.54, 1.807) is 19.9 Å². The van der Waals surface area contributed by atoms with Gasteiger partial charge in [-0.3, -0.25) is 4.79 Å². The van der Waals surface area contributed by atoms with E-state index >= 15 is 0 Å². The molecule has 1 N–H and O–H groups in total. The summed E-state index contributed by atoms with van der Waals surface area (Å²) < 4.78 is 21.9. The molecule has 0 saturated carbocycles. The van der Waals surface area contributed by atoms with Gasteiger partial charge in [0.15, 0.2) is 5.76 Å². The number of carbonyl (C=O) groups excluding carboxylic acids is 3. The van der Waals surface area contributed by atoms with Gasteiger partial charge in [0.1, 0.15) is 28.0 Å². The number of anilines is 1. The average molecular weight is 500 g/mol. The van der Waals surface area contributed by atoms with Crippen molar-refractivity contribution in [3.8, 4) is 5.75 Å². The van der Waals surface area contributed by atoms with E-state index in [0.717, 1.165) is 28.2 Å². The first-order valence-corrected chi connectivity index (χ1v) is 12.1. The minimum absolute atomic E-state index is 0.0433. The van der Waals surface area contributed by atoms with Crippen LogP contribution in [0.15, 0.2) is 34.7 Å². The van der Waals surface area contributed by atoms with Crippen LogP contribution in [0.3, 0.4) is 0 Å². The van der Waals surface area contributed by atoms with Gasteiger partial charge >= 0.3 is 11.9 Å². The highest BCUT2D eigenvalue weighted by atomic mass is 32.1. The number of amides is 1. The van der Waals surface area contributed by atoms with E-state index in [-0.39, 0.29) is 41.0 Å². The molecular weight excluding hydrogens is 470 g/mol. The number of ether oxygens (including phenoxy) is 3. The Hall–Kier alpha value is -3.59. The number of esters is 2. The number of aryl methyl sites for hydroxylation is 2. The van der Waals surface area contributed by atoms with Gasteiger partial charge in [0, 0.05) is 0 Å². The summed E-state index contributed by atoms with van der Waals surface area (Å²) in [5.41, 5.74) is 2.53. The van der Waals surface area contributed by atoms with Crippen LogP contribution >= 0.6 is 11.3 Å². The van der Waals surface area contributed by atoms with Crippen LogP contribution in [0.5, 0.6) is 5.75 Å². The lowest BCUT2D eigenvalue weighted by Gasteiger charge is -2.10. The van der Waals surface area contributed by atoms with Crippen molar-refractivity contribution in [3.05, 3.63) is 69.0 Å². The summed E-state index contributed by atoms with van der Waals surface area (Å²) in [5, 5.41) is 2.88. The first-order valence-electron chi connectivity index (χ1n) is 11.3. The van der Waals surface area contributed by atoms with Crippen molar-refractivity contribution in [3.63, 3.8) is 0 Å². The number of hydrogen-bond donors (Lipinski definition) is 1. The molecule has 2 heterocycles. The maximum atomic E-state index is 12.9. The monoisotopic (exact) mass is 499 g/mol. The van der Waals surface area contributed by atoms with Gasteiger partial charge in [-0.1, -0.05) is 25.1 Å². The molecular formula is C26H29NO7S. The molecule has 8 nitrogen and oxygen atoms in total. The molecule has 35 heavy (non-hydrogen) atoms. The van der Waals surface area contributed by atoms with Crippen LogP contribution in [0.2, 0.25) is 0 Å². The molecule has 0 aliphatic carbocycles. The Balaban J connectivity index is 1.79. The molecule has 9 heteroatoms. The molecule has 0 aliphatic heterocycles.